The highest BCUT2D eigenvalue weighted by Gasteiger charge is 2.18. The van der Waals surface area contributed by atoms with Crippen molar-refractivity contribution in [3.8, 4) is 0 Å². The van der Waals surface area contributed by atoms with E-state index in [2.05, 4.69) is 31.4 Å². The molecule has 3 aromatic rings. The van der Waals surface area contributed by atoms with Gasteiger partial charge < -0.3 is 5.32 Å². The molecule has 0 spiro atoms. The summed E-state index contributed by atoms with van der Waals surface area (Å²) in [5, 5.41) is 11.5. The lowest BCUT2D eigenvalue weighted by Gasteiger charge is -2.11. The summed E-state index contributed by atoms with van der Waals surface area (Å²) < 4.78 is 2.79. The summed E-state index contributed by atoms with van der Waals surface area (Å²) in [6.07, 6.45) is 1.89. The molecule has 0 radical (unpaired) electrons. The van der Waals surface area contributed by atoms with Gasteiger partial charge in [0.05, 0.1) is 5.25 Å². The number of fused-ring (bicyclic) bond motifs is 1. The standard InChI is InChI=1S/C15H13BrN4OS/c1-10(14(21)17-12-6-4-5-11(16)9-12)22-15-19-18-13-7-2-3-8-20(13)15/h2-10H,1H3,(H,17,21)/t10-/m0/s1. The van der Waals surface area contributed by atoms with Crippen LogP contribution in [0, 0.1) is 0 Å². The predicted molar refractivity (Wildman–Crippen MR) is 91.1 cm³/mol. The third-order valence-corrected chi connectivity index (χ3v) is 4.58. The molecule has 0 saturated carbocycles. The highest BCUT2D eigenvalue weighted by atomic mass is 79.9. The van der Waals surface area contributed by atoms with E-state index in [-0.39, 0.29) is 11.2 Å². The van der Waals surface area contributed by atoms with Crippen molar-refractivity contribution in [3.63, 3.8) is 0 Å². The van der Waals surface area contributed by atoms with Gasteiger partial charge in [0, 0.05) is 16.4 Å². The van der Waals surface area contributed by atoms with E-state index in [9.17, 15) is 4.79 Å². The molecule has 1 aromatic carbocycles. The first-order chi connectivity index (χ1) is 10.6. The Bertz CT molecular complexity index is 820. The van der Waals surface area contributed by atoms with Gasteiger partial charge in [-0.2, -0.15) is 0 Å². The van der Waals surface area contributed by atoms with E-state index in [1.807, 2.05) is 60.0 Å². The minimum absolute atomic E-state index is 0.0734. The summed E-state index contributed by atoms with van der Waals surface area (Å²) in [5.74, 6) is -0.0734. The second kappa shape index (κ2) is 6.50. The molecular weight excluding hydrogens is 364 g/mol. The van der Waals surface area contributed by atoms with E-state index in [0.29, 0.717) is 5.16 Å². The van der Waals surface area contributed by atoms with Crippen LogP contribution >= 0.6 is 27.7 Å². The quantitative estimate of drug-likeness (QED) is 0.706. The van der Waals surface area contributed by atoms with Crippen LogP contribution in [0.5, 0.6) is 0 Å². The van der Waals surface area contributed by atoms with Crippen molar-refractivity contribution in [2.45, 2.75) is 17.3 Å². The van der Waals surface area contributed by atoms with Crippen molar-refractivity contribution in [1.29, 1.82) is 0 Å². The molecule has 0 unspecified atom stereocenters. The summed E-state index contributed by atoms with van der Waals surface area (Å²) in [6.45, 7) is 1.85. The Hall–Kier alpha value is -1.86. The van der Waals surface area contributed by atoms with Crippen LogP contribution in [-0.2, 0) is 4.79 Å². The molecule has 7 heteroatoms. The van der Waals surface area contributed by atoms with Crippen LogP contribution in [0.25, 0.3) is 5.65 Å². The van der Waals surface area contributed by atoms with Gasteiger partial charge in [-0.3, -0.25) is 9.20 Å². The minimum Gasteiger partial charge on any atom is -0.325 e. The zero-order valence-corrected chi connectivity index (χ0v) is 14.1. The Kier molecular flexibility index (Phi) is 4.44. The number of nitrogens with zero attached hydrogens (tertiary/aromatic N) is 3. The molecule has 3 rings (SSSR count). The maximum Gasteiger partial charge on any atom is 0.237 e. The molecule has 0 aliphatic rings. The van der Waals surface area contributed by atoms with Gasteiger partial charge in [-0.15, -0.1) is 10.2 Å². The fourth-order valence-electron chi connectivity index (χ4n) is 1.92. The van der Waals surface area contributed by atoms with Crippen LogP contribution in [0.3, 0.4) is 0 Å². The third kappa shape index (κ3) is 3.31. The van der Waals surface area contributed by atoms with Gasteiger partial charge in [-0.1, -0.05) is 39.8 Å². The van der Waals surface area contributed by atoms with Gasteiger partial charge >= 0.3 is 0 Å². The predicted octanol–water partition coefficient (Wildman–Crippen LogP) is 3.61. The number of nitrogens with one attached hydrogen (secondary N) is 1. The molecule has 0 fully saturated rings. The molecule has 1 N–H and O–H groups in total. The van der Waals surface area contributed by atoms with Crippen LogP contribution in [0.1, 0.15) is 6.92 Å². The summed E-state index contributed by atoms with van der Waals surface area (Å²) >= 11 is 4.76. The Morgan fingerprint density at radius 3 is 2.95 bits per heavy atom. The van der Waals surface area contributed by atoms with Crippen molar-refractivity contribution < 1.29 is 4.79 Å². The maximum atomic E-state index is 12.3. The molecule has 2 heterocycles. The van der Waals surface area contributed by atoms with E-state index >= 15 is 0 Å². The van der Waals surface area contributed by atoms with Crippen LogP contribution < -0.4 is 5.32 Å². The minimum atomic E-state index is -0.286. The Morgan fingerprint density at radius 1 is 1.27 bits per heavy atom. The van der Waals surface area contributed by atoms with E-state index in [1.165, 1.54) is 11.8 Å². The van der Waals surface area contributed by atoms with Crippen molar-refractivity contribution in [2.24, 2.45) is 0 Å². The van der Waals surface area contributed by atoms with Crippen LogP contribution in [-0.4, -0.2) is 25.8 Å². The first kappa shape index (κ1) is 15.1. The highest BCUT2D eigenvalue weighted by Crippen LogP contribution is 2.23. The number of hydrogen-bond acceptors (Lipinski definition) is 4. The fourth-order valence-corrected chi connectivity index (χ4v) is 3.16. The number of thioether (sulfide) groups is 1. The van der Waals surface area contributed by atoms with Gasteiger partial charge in [0.15, 0.2) is 10.8 Å². The van der Waals surface area contributed by atoms with Crippen LogP contribution in [0.4, 0.5) is 5.69 Å². The summed E-state index contributed by atoms with van der Waals surface area (Å²) in [4.78, 5) is 12.3. The normalized spacial score (nSPS) is 12.3. The molecule has 1 atom stereocenters. The monoisotopic (exact) mass is 376 g/mol. The van der Waals surface area contributed by atoms with E-state index in [4.69, 9.17) is 0 Å². The first-order valence-electron chi connectivity index (χ1n) is 6.66. The highest BCUT2D eigenvalue weighted by molar-refractivity contribution is 9.10. The lowest BCUT2D eigenvalue weighted by atomic mass is 10.3. The van der Waals surface area contributed by atoms with Crippen molar-refractivity contribution in [3.05, 3.63) is 53.1 Å². The van der Waals surface area contributed by atoms with Crippen LogP contribution in [0.15, 0.2) is 58.3 Å². The van der Waals surface area contributed by atoms with E-state index < -0.39 is 0 Å². The van der Waals surface area contributed by atoms with Gasteiger partial charge in [0.1, 0.15) is 0 Å². The molecular formula is C15H13BrN4OS. The fraction of sp³-hybridized carbons (Fsp3) is 0.133. The molecule has 2 aromatic heterocycles. The number of carbonyl (C=O) groups is 1. The lowest BCUT2D eigenvalue weighted by Crippen LogP contribution is -2.22. The molecule has 0 bridgehead atoms. The number of rotatable bonds is 4. The number of amides is 1. The number of benzene rings is 1. The Labute approximate surface area is 140 Å². The SMILES string of the molecule is C[C@H](Sc1nnc2ccccn12)C(=O)Nc1cccc(Br)c1. The molecule has 1 amide bonds. The summed E-state index contributed by atoms with van der Waals surface area (Å²) in [5.41, 5.74) is 1.53. The summed E-state index contributed by atoms with van der Waals surface area (Å²) in [7, 11) is 0. The molecule has 0 saturated heterocycles. The van der Waals surface area contributed by atoms with Gasteiger partial charge in [-0.25, -0.2) is 0 Å². The number of halogens is 1. The van der Waals surface area contributed by atoms with Crippen molar-refractivity contribution in [2.75, 3.05) is 5.32 Å². The average Bonchev–Trinajstić information content (AvgIpc) is 2.90. The smallest absolute Gasteiger partial charge is 0.237 e. The summed E-state index contributed by atoms with van der Waals surface area (Å²) in [6, 6.07) is 13.2. The topological polar surface area (TPSA) is 59.3 Å². The number of aromatic nitrogens is 3. The van der Waals surface area contributed by atoms with Crippen molar-refractivity contribution in [1.82, 2.24) is 14.6 Å². The molecule has 22 heavy (non-hydrogen) atoms. The van der Waals surface area contributed by atoms with E-state index in [0.717, 1.165) is 15.8 Å². The van der Waals surface area contributed by atoms with Gasteiger partial charge in [0.25, 0.3) is 0 Å². The number of hydrogen-bond donors (Lipinski definition) is 1. The number of pyridine rings is 1. The molecule has 0 aliphatic carbocycles. The Balaban J connectivity index is 1.71. The lowest BCUT2D eigenvalue weighted by molar-refractivity contribution is -0.115. The number of carbonyl (C=O) groups excluding carboxylic acids is 1. The third-order valence-electron chi connectivity index (χ3n) is 3.03. The Morgan fingerprint density at radius 2 is 2.14 bits per heavy atom. The average molecular weight is 377 g/mol. The molecule has 112 valence electrons. The first-order valence-corrected chi connectivity index (χ1v) is 8.33. The number of anilines is 1. The zero-order chi connectivity index (χ0) is 15.5. The second-order valence-corrected chi connectivity index (χ2v) is 6.89. The maximum absolute atomic E-state index is 12.3. The molecule has 5 nitrogen and oxygen atoms in total. The van der Waals surface area contributed by atoms with Gasteiger partial charge in [-0.05, 0) is 37.3 Å². The van der Waals surface area contributed by atoms with Crippen LogP contribution in [0.2, 0.25) is 0 Å². The second-order valence-electron chi connectivity index (χ2n) is 4.67. The largest absolute Gasteiger partial charge is 0.325 e. The van der Waals surface area contributed by atoms with Gasteiger partial charge in [0.2, 0.25) is 5.91 Å². The molecule has 0 aliphatic heterocycles. The van der Waals surface area contributed by atoms with Crippen molar-refractivity contribution >= 4 is 44.9 Å². The van der Waals surface area contributed by atoms with E-state index in [1.54, 1.807) is 0 Å². The zero-order valence-electron chi connectivity index (χ0n) is 11.7.